The highest BCUT2D eigenvalue weighted by atomic mass is 16.5. The Morgan fingerprint density at radius 2 is 1.73 bits per heavy atom. The first-order valence-corrected chi connectivity index (χ1v) is 4.12. The SMILES string of the molecule is C=CCNC(=O)C(C(=O)OC)C(=O)OC. The van der Waals surface area contributed by atoms with E-state index in [0.29, 0.717) is 0 Å². The molecule has 0 unspecified atom stereocenters. The molecule has 0 aromatic rings. The molecule has 0 aliphatic carbocycles. The van der Waals surface area contributed by atoms with E-state index in [0.717, 1.165) is 14.2 Å². The first-order chi connectivity index (χ1) is 7.08. The molecule has 1 amide bonds. The lowest BCUT2D eigenvalue weighted by atomic mass is 10.1. The van der Waals surface area contributed by atoms with E-state index in [1.54, 1.807) is 0 Å². The number of esters is 2. The number of nitrogens with one attached hydrogen (secondary N) is 1. The van der Waals surface area contributed by atoms with Crippen LogP contribution in [0, 0.1) is 5.92 Å². The van der Waals surface area contributed by atoms with Gasteiger partial charge in [-0.3, -0.25) is 14.4 Å². The molecule has 0 rings (SSSR count). The molecule has 0 aromatic heterocycles. The largest absolute Gasteiger partial charge is 0.468 e. The number of rotatable bonds is 5. The maximum atomic E-state index is 11.3. The first-order valence-electron chi connectivity index (χ1n) is 4.12. The van der Waals surface area contributed by atoms with Gasteiger partial charge in [0.25, 0.3) is 0 Å². The molecule has 0 saturated carbocycles. The monoisotopic (exact) mass is 215 g/mol. The lowest BCUT2D eigenvalue weighted by Gasteiger charge is -2.11. The van der Waals surface area contributed by atoms with Gasteiger partial charge in [0.05, 0.1) is 14.2 Å². The molecule has 6 nitrogen and oxygen atoms in total. The highest BCUT2D eigenvalue weighted by molar-refractivity contribution is 6.14. The average molecular weight is 215 g/mol. The third-order valence-corrected chi connectivity index (χ3v) is 1.56. The summed E-state index contributed by atoms with van der Waals surface area (Å²) in [5.74, 6) is -4.26. The lowest BCUT2D eigenvalue weighted by Crippen LogP contribution is -2.41. The van der Waals surface area contributed by atoms with Crippen LogP contribution < -0.4 is 5.32 Å². The molecule has 0 aliphatic rings. The zero-order valence-electron chi connectivity index (χ0n) is 8.61. The van der Waals surface area contributed by atoms with Crippen LogP contribution in [-0.4, -0.2) is 38.6 Å². The Balaban J connectivity index is 4.62. The second-order valence-electron chi connectivity index (χ2n) is 2.51. The summed E-state index contributed by atoms with van der Waals surface area (Å²) >= 11 is 0. The first kappa shape index (κ1) is 13.2. The standard InChI is InChI=1S/C9H13NO5/c1-4-5-10-7(11)6(8(12)14-2)9(13)15-3/h4,6H,1,5H2,2-3H3,(H,10,11). The van der Waals surface area contributed by atoms with Gasteiger partial charge < -0.3 is 14.8 Å². The van der Waals surface area contributed by atoms with Gasteiger partial charge in [0.1, 0.15) is 0 Å². The van der Waals surface area contributed by atoms with Crippen LogP contribution in [-0.2, 0) is 23.9 Å². The van der Waals surface area contributed by atoms with E-state index in [4.69, 9.17) is 0 Å². The van der Waals surface area contributed by atoms with Crippen molar-refractivity contribution in [3.8, 4) is 0 Å². The zero-order chi connectivity index (χ0) is 11.8. The summed E-state index contributed by atoms with van der Waals surface area (Å²) in [6, 6.07) is 0. The van der Waals surface area contributed by atoms with Crippen LogP contribution in [0.15, 0.2) is 12.7 Å². The quantitative estimate of drug-likeness (QED) is 0.371. The van der Waals surface area contributed by atoms with E-state index in [2.05, 4.69) is 21.4 Å². The molecule has 1 N–H and O–H groups in total. The summed E-state index contributed by atoms with van der Waals surface area (Å²) in [7, 11) is 2.16. The normalized spacial score (nSPS) is 9.27. The number of ether oxygens (including phenoxy) is 2. The Morgan fingerprint density at radius 1 is 1.27 bits per heavy atom. The van der Waals surface area contributed by atoms with E-state index >= 15 is 0 Å². The number of carbonyl (C=O) groups is 3. The van der Waals surface area contributed by atoms with Gasteiger partial charge in [-0.2, -0.15) is 0 Å². The second kappa shape index (κ2) is 6.58. The molecule has 0 aromatic carbocycles. The van der Waals surface area contributed by atoms with E-state index in [1.807, 2.05) is 0 Å². The minimum atomic E-state index is -1.58. The highest BCUT2D eigenvalue weighted by Gasteiger charge is 2.35. The van der Waals surface area contributed by atoms with Gasteiger partial charge in [0, 0.05) is 6.54 Å². The fourth-order valence-corrected chi connectivity index (χ4v) is 0.821. The van der Waals surface area contributed by atoms with E-state index < -0.39 is 23.8 Å². The van der Waals surface area contributed by atoms with Gasteiger partial charge in [-0.05, 0) is 0 Å². The summed E-state index contributed by atoms with van der Waals surface area (Å²) < 4.78 is 8.62. The van der Waals surface area contributed by atoms with Crippen LogP contribution in [0.4, 0.5) is 0 Å². The fourth-order valence-electron chi connectivity index (χ4n) is 0.821. The minimum absolute atomic E-state index is 0.156. The van der Waals surface area contributed by atoms with Crippen molar-refractivity contribution in [2.45, 2.75) is 0 Å². The van der Waals surface area contributed by atoms with Gasteiger partial charge in [-0.15, -0.1) is 6.58 Å². The Morgan fingerprint density at radius 3 is 2.07 bits per heavy atom. The molecule has 0 bridgehead atoms. The maximum Gasteiger partial charge on any atom is 0.329 e. The predicted octanol–water partition coefficient (Wildman–Crippen LogP) is -0.749. The smallest absolute Gasteiger partial charge is 0.329 e. The summed E-state index contributed by atoms with van der Waals surface area (Å²) in [6.45, 7) is 3.53. The van der Waals surface area contributed by atoms with Crippen molar-refractivity contribution in [1.82, 2.24) is 5.32 Å². The molecule has 0 fully saturated rings. The van der Waals surface area contributed by atoms with Gasteiger partial charge in [0.2, 0.25) is 11.8 Å². The van der Waals surface area contributed by atoms with Crippen molar-refractivity contribution in [2.75, 3.05) is 20.8 Å². The van der Waals surface area contributed by atoms with Crippen molar-refractivity contribution in [3.63, 3.8) is 0 Å². The molecule has 0 atom stereocenters. The van der Waals surface area contributed by atoms with Crippen molar-refractivity contribution in [1.29, 1.82) is 0 Å². The van der Waals surface area contributed by atoms with Crippen molar-refractivity contribution in [2.24, 2.45) is 5.92 Å². The van der Waals surface area contributed by atoms with Crippen LogP contribution in [0.5, 0.6) is 0 Å². The number of hydrogen-bond donors (Lipinski definition) is 1. The Kier molecular flexibility index (Phi) is 5.77. The van der Waals surface area contributed by atoms with Gasteiger partial charge in [0.15, 0.2) is 0 Å². The molecule has 0 aliphatic heterocycles. The predicted molar refractivity (Wildman–Crippen MR) is 50.7 cm³/mol. The third-order valence-electron chi connectivity index (χ3n) is 1.56. The van der Waals surface area contributed by atoms with E-state index in [-0.39, 0.29) is 6.54 Å². The highest BCUT2D eigenvalue weighted by Crippen LogP contribution is 2.02. The van der Waals surface area contributed by atoms with Crippen molar-refractivity contribution < 1.29 is 23.9 Å². The Labute approximate surface area is 87.2 Å². The van der Waals surface area contributed by atoms with E-state index in [9.17, 15) is 14.4 Å². The van der Waals surface area contributed by atoms with Crippen molar-refractivity contribution in [3.05, 3.63) is 12.7 Å². The lowest BCUT2D eigenvalue weighted by molar-refractivity contribution is -0.162. The molecule has 6 heteroatoms. The Bertz CT molecular complexity index is 258. The van der Waals surface area contributed by atoms with Gasteiger partial charge >= 0.3 is 11.9 Å². The van der Waals surface area contributed by atoms with Crippen LogP contribution in [0.1, 0.15) is 0 Å². The zero-order valence-corrected chi connectivity index (χ0v) is 8.61. The third kappa shape index (κ3) is 3.80. The molecular formula is C9H13NO5. The molecule has 0 radical (unpaired) electrons. The number of hydrogen-bond acceptors (Lipinski definition) is 5. The number of amides is 1. The topological polar surface area (TPSA) is 81.7 Å². The maximum absolute atomic E-state index is 11.3. The molecule has 84 valence electrons. The summed E-state index contributed by atoms with van der Waals surface area (Å²) in [5.41, 5.74) is 0. The van der Waals surface area contributed by atoms with Crippen LogP contribution in [0.2, 0.25) is 0 Å². The summed E-state index contributed by atoms with van der Waals surface area (Å²) in [4.78, 5) is 33.6. The Hall–Kier alpha value is -1.85. The summed E-state index contributed by atoms with van der Waals surface area (Å²) in [6.07, 6.45) is 1.42. The molecule has 0 heterocycles. The second-order valence-corrected chi connectivity index (χ2v) is 2.51. The fraction of sp³-hybridized carbons (Fsp3) is 0.444. The van der Waals surface area contributed by atoms with Crippen LogP contribution >= 0.6 is 0 Å². The molecule has 0 saturated heterocycles. The summed E-state index contributed by atoms with van der Waals surface area (Å²) in [5, 5.41) is 2.30. The molecular weight excluding hydrogens is 202 g/mol. The van der Waals surface area contributed by atoms with Gasteiger partial charge in [-0.25, -0.2) is 0 Å². The number of methoxy groups -OCH3 is 2. The van der Waals surface area contributed by atoms with E-state index in [1.165, 1.54) is 6.08 Å². The minimum Gasteiger partial charge on any atom is -0.468 e. The van der Waals surface area contributed by atoms with Crippen molar-refractivity contribution >= 4 is 17.8 Å². The van der Waals surface area contributed by atoms with Crippen LogP contribution in [0.25, 0.3) is 0 Å². The van der Waals surface area contributed by atoms with Crippen LogP contribution in [0.3, 0.4) is 0 Å². The molecule has 0 spiro atoms. The van der Waals surface area contributed by atoms with Gasteiger partial charge in [-0.1, -0.05) is 6.08 Å². The average Bonchev–Trinajstić information content (AvgIpc) is 2.25. The molecule has 15 heavy (non-hydrogen) atoms. The number of carbonyl (C=O) groups excluding carboxylic acids is 3.